The maximum atomic E-state index is 13.0. The first-order chi connectivity index (χ1) is 13.0. The molecule has 138 valence electrons. The SMILES string of the molecule is COc1cc(OC)cc(N2N=N[C@H]3C(=O)N(c4cccc(Cl)c4)C(=O)[C@@H]32)c1. The van der Waals surface area contributed by atoms with E-state index in [2.05, 4.69) is 10.3 Å². The van der Waals surface area contributed by atoms with Gasteiger partial charge >= 0.3 is 0 Å². The van der Waals surface area contributed by atoms with Crippen LogP contribution in [0.5, 0.6) is 11.5 Å². The summed E-state index contributed by atoms with van der Waals surface area (Å²) < 4.78 is 10.5. The zero-order valence-electron chi connectivity index (χ0n) is 14.5. The highest BCUT2D eigenvalue weighted by Crippen LogP contribution is 2.38. The van der Waals surface area contributed by atoms with Crippen molar-refractivity contribution in [3.63, 3.8) is 0 Å². The number of methoxy groups -OCH3 is 2. The van der Waals surface area contributed by atoms with Gasteiger partial charge < -0.3 is 9.47 Å². The van der Waals surface area contributed by atoms with Gasteiger partial charge in [-0.25, -0.2) is 9.91 Å². The summed E-state index contributed by atoms with van der Waals surface area (Å²) in [5, 5.41) is 9.91. The number of amides is 2. The van der Waals surface area contributed by atoms with Crippen molar-refractivity contribution in [2.45, 2.75) is 12.1 Å². The van der Waals surface area contributed by atoms with Gasteiger partial charge in [-0.05, 0) is 18.2 Å². The lowest BCUT2D eigenvalue weighted by molar-refractivity contribution is -0.121. The Hall–Kier alpha value is -3.13. The highest BCUT2D eigenvalue weighted by atomic mass is 35.5. The molecule has 9 heteroatoms. The summed E-state index contributed by atoms with van der Waals surface area (Å²) in [7, 11) is 3.05. The van der Waals surface area contributed by atoms with Crippen molar-refractivity contribution in [3.8, 4) is 11.5 Å². The smallest absolute Gasteiger partial charge is 0.263 e. The van der Waals surface area contributed by atoms with Gasteiger partial charge in [0.05, 0.1) is 25.6 Å². The average Bonchev–Trinajstić information content (AvgIpc) is 3.21. The number of carbonyl (C=O) groups is 2. The summed E-state index contributed by atoms with van der Waals surface area (Å²) >= 11 is 6.00. The molecule has 0 aromatic heterocycles. The minimum Gasteiger partial charge on any atom is -0.497 e. The van der Waals surface area contributed by atoms with Gasteiger partial charge in [0, 0.05) is 23.2 Å². The van der Waals surface area contributed by atoms with Crippen molar-refractivity contribution >= 4 is 34.8 Å². The van der Waals surface area contributed by atoms with Crippen LogP contribution in [0.4, 0.5) is 11.4 Å². The van der Waals surface area contributed by atoms with Crippen LogP contribution in [0.2, 0.25) is 5.02 Å². The van der Waals surface area contributed by atoms with E-state index in [9.17, 15) is 9.59 Å². The van der Waals surface area contributed by atoms with Gasteiger partial charge in [0.15, 0.2) is 12.1 Å². The van der Waals surface area contributed by atoms with Crippen LogP contribution in [0.25, 0.3) is 0 Å². The molecule has 27 heavy (non-hydrogen) atoms. The summed E-state index contributed by atoms with van der Waals surface area (Å²) in [5.41, 5.74) is 0.946. The largest absolute Gasteiger partial charge is 0.497 e. The molecule has 2 aliphatic heterocycles. The Balaban J connectivity index is 1.72. The quantitative estimate of drug-likeness (QED) is 0.754. The van der Waals surface area contributed by atoms with Gasteiger partial charge in [0.25, 0.3) is 11.8 Å². The van der Waals surface area contributed by atoms with Gasteiger partial charge in [-0.3, -0.25) is 9.59 Å². The van der Waals surface area contributed by atoms with Crippen molar-refractivity contribution in [3.05, 3.63) is 47.5 Å². The number of fused-ring (bicyclic) bond motifs is 1. The summed E-state index contributed by atoms with van der Waals surface area (Å²) in [6, 6.07) is 9.89. The number of benzene rings is 2. The van der Waals surface area contributed by atoms with Crippen LogP contribution in [-0.4, -0.2) is 38.1 Å². The number of rotatable bonds is 4. The molecular formula is C18H15ClN4O4. The lowest BCUT2D eigenvalue weighted by Gasteiger charge is -2.21. The summed E-state index contributed by atoms with van der Waals surface area (Å²) in [6.07, 6.45) is 0. The first kappa shape index (κ1) is 17.3. The fourth-order valence-electron chi connectivity index (χ4n) is 3.17. The van der Waals surface area contributed by atoms with E-state index in [1.54, 1.807) is 42.5 Å². The molecule has 1 fully saturated rings. The summed E-state index contributed by atoms with van der Waals surface area (Å²) in [6.45, 7) is 0. The zero-order chi connectivity index (χ0) is 19.1. The molecule has 2 heterocycles. The van der Waals surface area contributed by atoms with Crippen molar-refractivity contribution in [2.75, 3.05) is 24.1 Å². The molecule has 0 aliphatic carbocycles. The van der Waals surface area contributed by atoms with Crippen LogP contribution in [-0.2, 0) is 9.59 Å². The first-order valence-electron chi connectivity index (χ1n) is 8.10. The number of carbonyl (C=O) groups excluding carboxylic acids is 2. The summed E-state index contributed by atoms with van der Waals surface area (Å²) in [5.74, 6) is 0.213. The van der Waals surface area contributed by atoms with E-state index >= 15 is 0 Å². The molecule has 1 saturated heterocycles. The Labute approximate surface area is 159 Å². The molecule has 2 aromatic rings. The van der Waals surface area contributed by atoms with E-state index in [4.69, 9.17) is 21.1 Å². The minimum absolute atomic E-state index is 0.408. The number of nitrogens with zero attached hydrogens (tertiary/aromatic N) is 4. The number of ether oxygens (including phenoxy) is 2. The number of halogens is 1. The van der Waals surface area contributed by atoms with Crippen LogP contribution in [0, 0.1) is 0 Å². The molecule has 4 rings (SSSR count). The van der Waals surface area contributed by atoms with Gasteiger partial charge in [0.2, 0.25) is 0 Å². The molecule has 0 radical (unpaired) electrons. The van der Waals surface area contributed by atoms with E-state index in [1.807, 2.05) is 0 Å². The monoisotopic (exact) mass is 386 g/mol. The molecule has 2 atom stereocenters. The third-order valence-electron chi connectivity index (χ3n) is 4.45. The third kappa shape index (κ3) is 2.78. The molecule has 8 nitrogen and oxygen atoms in total. The second kappa shape index (κ2) is 6.55. The fourth-order valence-corrected chi connectivity index (χ4v) is 3.35. The lowest BCUT2D eigenvalue weighted by atomic mass is 10.1. The first-order valence-corrected chi connectivity index (χ1v) is 8.47. The Morgan fingerprint density at radius 2 is 1.67 bits per heavy atom. The van der Waals surface area contributed by atoms with E-state index in [1.165, 1.54) is 19.2 Å². The standard InChI is InChI=1S/C18H15ClN4O4/c1-26-13-7-12(8-14(9-13)27-2)23-16-15(20-21-23)17(24)22(18(16)25)11-5-3-4-10(19)6-11/h3-9,15-16H,1-2H3/t15-,16-/m1/s1. The van der Waals surface area contributed by atoms with Crippen LogP contribution in [0.1, 0.15) is 0 Å². The van der Waals surface area contributed by atoms with E-state index in [0.29, 0.717) is 27.9 Å². The maximum Gasteiger partial charge on any atom is 0.263 e. The number of hydrogen-bond donors (Lipinski definition) is 0. The fraction of sp³-hybridized carbons (Fsp3) is 0.222. The highest BCUT2D eigenvalue weighted by Gasteiger charge is 2.55. The number of hydrogen-bond acceptors (Lipinski definition) is 7. The Bertz CT molecular complexity index is 942. The second-order valence-electron chi connectivity index (χ2n) is 6.00. The van der Waals surface area contributed by atoms with Crippen LogP contribution < -0.4 is 19.4 Å². The van der Waals surface area contributed by atoms with Gasteiger partial charge in [-0.2, -0.15) is 5.11 Å². The van der Waals surface area contributed by atoms with E-state index in [0.717, 1.165) is 4.90 Å². The normalized spacial score (nSPS) is 21.0. The Morgan fingerprint density at radius 3 is 2.30 bits per heavy atom. The van der Waals surface area contributed by atoms with E-state index in [-0.39, 0.29) is 0 Å². The molecule has 0 N–H and O–H groups in total. The molecule has 0 unspecified atom stereocenters. The number of anilines is 2. The Morgan fingerprint density at radius 1 is 0.963 bits per heavy atom. The molecule has 2 amide bonds. The number of imide groups is 1. The van der Waals surface area contributed by atoms with Crippen LogP contribution >= 0.6 is 11.6 Å². The molecule has 2 aliphatic rings. The van der Waals surface area contributed by atoms with Crippen molar-refractivity contribution in [1.29, 1.82) is 0 Å². The highest BCUT2D eigenvalue weighted by molar-refractivity contribution is 6.32. The van der Waals surface area contributed by atoms with Crippen LogP contribution in [0.15, 0.2) is 52.8 Å². The van der Waals surface area contributed by atoms with Crippen molar-refractivity contribution < 1.29 is 19.1 Å². The van der Waals surface area contributed by atoms with Gasteiger partial charge in [-0.15, -0.1) is 0 Å². The topological polar surface area (TPSA) is 83.8 Å². The predicted molar refractivity (Wildman–Crippen MR) is 98.4 cm³/mol. The lowest BCUT2D eigenvalue weighted by Crippen LogP contribution is -2.39. The van der Waals surface area contributed by atoms with Crippen LogP contribution in [0.3, 0.4) is 0 Å². The summed E-state index contributed by atoms with van der Waals surface area (Å²) in [4.78, 5) is 26.9. The van der Waals surface area contributed by atoms with Crippen molar-refractivity contribution in [1.82, 2.24) is 0 Å². The minimum atomic E-state index is -0.909. The molecule has 0 spiro atoms. The van der Waals surface area contributed by atoms with Gasteiger partial charge in [-0.1, -0.05) is 22.9 Å². The average molecular weight is 387 g/mol. The van der Waals surface area contributed by atoms with E-state index < -0.39 is 23.9 Å². The second-order valence-corrected chi connectivity index (χ2v) is 6.44. The predicted octanol–water partition coefficient (Wildman–Crippen LogP) is 2.86. The van der Waals surface area contributed by atoms with Crippen molar-refractivity contribution in [2.24, 2.45) is 10.3 Å². The molecule has 0 saturated carbocycles. The molecular weight excluding hydrogens is 372 g/mol. The maximum absolute atomic E-state index is 13.0. The Kier molecular flexibility index (Phi) is 4.19. The van der Waals surface area contributed by atoms with Gasteiger partial charge in [0.1, 0.15) is 11.5 Å². The molecule has 0 bridgehead atoms. The third-order valence-corrected chi connectivity index (χ3v) is 4.68. The zero-order valence-corrected chi connectivity index (χ0v) is 15.3. The molecule has 2 aromatic carbocycles.